The number of ether oxygens (including phenoxy) is 2. The molecule has 2 aromatic rings. The zero-order chi connectivity index (χ0) is 22.2. The number of hydrogen-bond donors (Lipinski definition) is 2. The van der Waals surface area contributed by atoms with E-state index >= 15 is 0 Å². The van der Waals surface area contributed by atoms with Crippen molar-refractivity contribution >= 4 is 21.6 Å². The molecule has 1 amide bonds. The molecule has 7 nitrogen and oxygen atoms in total. The predicted molar refractivity (Wildman–Crippen MR) is 104 cm³/mol. The standard InChI is InChI=1S/C19H21F3N2O5S/c1-28-11-3-10-23-18(25)13-29-16-6-8-17(9-7-16)30(26,27)24-15-5-2-4-14(12-15)19(20,21)22/h2,4-9,12,24H,3,10-11,13H2,1H3,(H,23,25). The Hall–Kier alpha value is -2.79. The van der Waals surface area contributed by atoms with Crippen LogP contribution in [0.25, 0.3) is 0 Å². The van der Waals surface area contributed by atoms with Gasteiger partial charge in [0.05, 0.1) is 10.5 Å². The lowest BCUT2D eigenvalue weighted by Gasteiger charge is -2.12. The molecule has 30 heavy (non-hydrogen) atoms. The van der Waals surface area contributed by atoms with E-state index in [4.69, 9.17) is 9.47 Å². The number of rotatable bonds is 10. The highest BCUT2D eigenvalue weighted by atomic mass is 32.2. The van der Waals surface area contributed by atoms with E-state index in [1.165, 1.54) is 30.3 Å². The molecule has 2 N–H and O–H groups in total. The molecule has 0 aromatic heterocycles. The van der Waals surface area contributed by atoms with Crippen LogP contribution in [-0.4, -0.2) is 41.2 Å². The lowest BCUT2D eigenvalue weighted by molar-refractivity contribution is -0.137. The van der Waals surface area contributed by atoms with E-state index in [2.05, 4.69) is 10.0 Å². The van der Waals surface area contributed by atoms with Gasteiger partial charge < -0.3 is 14.8 Å². The minimum atomic E-state index is -4.59. The Morgan fingerprint density at radius 2 is 1.80 bits per heavy atom. The van der Waals surface area contributed by atoms with E-state index in [1.54, 1.807) is 7.11 Å². The number of hydrogen-bond acceptors (Lipinski definition) is 5. The highest BCUT2D eigenvalue weighted by Gasteiger charge is 2.30. The summed E-state index contributed by atoms with van der Waals surface area (Å²) in [5.41, 5.74) is -1.18. The maximum Gasteiger partial charge on any atom is 0.416 e. The molecule has 0 radical (unpaired) electrons. The smallest absolute Gasteiger partial charge is 0.416 e. The fourth-order valence-corrected chi connectivity index (χ4v) is 3.38. The van der Waals surface area contributed by atoms with Gasteiger partial charge in [0.15, 0.2) is 6.61 Å². The molecule has 2 aromatic carbocycles. The second kappa shape index (κ2) is 10.3. The van der Waals surface area contributed by atoms with Crippen molar-refractivity contribution < 1.29 is 35.9 Å². The van der Waals surface area contributed by atoms with E-state index in [0.29, 0.717) is 25.6 Å². The van der Waals surface area contributed by atoms with Crippen molar-refractivity contribution in [2.45, 2.75) is 17.5 Å². The number of amides is 1. The third-order valence-electron chi connectivity index (χ3n) is 3.79. The number of anilines is 1. The maximum absolute atomic E-state index is 12.8. The summed E-state index contributed by atoms with van der Waals surface area (Å²) in [6.45, 7) is 0.710. The fraction of sp³-hybridized carbons (Fsp3) is 0.316. The first-order valence-corrected chi connectivity index (χ1v) is 10.3. The van der Waals surface area contributed by atoms with Crippen LogP contribution in [0.15, 0.2) is 53.4 Å². The lowest BCUT2D eigenvalue weighted by atomic mass is 10.2. The van der Waals surface area contributed by atoms with Crippen LogP contribution >= 0.6 is 0 Å². The summed E-state index contributed by atoms with van der Waals surface area (Å²) in [6, 6.07) is 9.02. The largest absolute Gasteiger partial charge is 0.484 e. The van der Waals surface area contributed by atoms with Crippen molar-refractivity contribution in [1.82, 2.24) is 5.32 Å². The number of methoxy groups -OCH3 is 1. The quantitative estimate of drug-likeness (QED) is 0.548. The predicted octanol–water partition coefficient (Wildman–Crippen LogP) is 3.04. The Bertz CT molecular complexity index is 947. The molecular weight excluding hydrogens is 425 g/mol. The Morgan fingerprint density at radius 1 is 1.10 bits per heavy atom. The molecule has 2 rings (SSSR count). The summed E-state index contributed by atoms with van der Waals surface area (Å²) >= 11 is 0. The maximum atomic E-state index is 12.8. The molecule has 0 aliphatic carbocycles. The summed E-state index contributed by atoms with van der Waals surface area (Å²) in [7, 11) is -2.55. The summed E-state index contributed by atoms with van der Waals surface area (Å²) in [5.74, 6) is -0.0749. The number of benzene rings is 2. The van der Waals surface area contributed by atoms with Gasteiger partial charge in [0.25, 0.3) is 15.9 Å². The van der Waals surface area contributed by atoms with Gasteiger partial charge in [-0.3, -0.25) is 9.52 Å². The molecule has 0 bridgehead atoms. The topological polar surface area (TPSA) is 93.7 Å². The van der Waals surface area contributed by atoms with Gasteiger partial charge >= 0.3 is 6.18 Å². The molecular formula is C19H21F3N2O5S. The van der Waals surface area contributed by atoms with Crippen LogP contribution in [0.1, 0.15) is 12.0 Å². The Labute approximate surface area is 172 Å². The second-order valence-corrected chi connectivity index (χ2v) is 7.82. The van der Waals surface area contributed by atoms with Gasteiger partial charge in [0, 0.05) is 25.9 Å². The molecule has 11 heteroatoms. The van der Waals surface area contributed by atoms with Crippen LogP contribution in [-0.2, 0) is 25.7 Å². The molecule has 0 saturated carbocycles. The minimum absolute atomic E-state index is 0.170. The summed E-state index contributed by atoms with van der Waals surface area (Å²) < 4.78 is 75.4. The molecule has 0 heterocycles. The third-order valence-corrected chi connectivity index (χ3v) is 5.19. The first-order chi connectivity index (χ1) is 14.1. The molecule has 0 atom stereocenters. The first-order valence-electron chi connectivity index (χ1n) is 8.80. The fourth-order valence-electron chi connectivity index (χ4n) is 2.33. The second-order valence-electron chi connectivity index (χ2n) is 6.14. The van der Waals surface area contributed by atoms with Gasteiger partial charge in [-0.25, -0.2) is 8.42 Å². The van der Waals surface area contributed by atoms with E-state index < -0.39 is 21.8 Å². The van der Waals surface area contributed by atoms with Crippen LogP contribution in [0.5, 0.6) is 5.75 Å². The van der Waals surface area contributed by atoms with Crippen molar-refractivity contribution in [2.75, 3.05) is 31.6 Å². The molecule has 0 unspecified atom stereocenters. The van der Waals surface area contributed by atoms with Gasteiger partial charge in [0.1, 0.15) is 5.75 Å². The van der Waals surface area contributed by atoms with Crippen molar-refractivity contribution in [3.05, 3.63) is 54.1 Å². The van der Waals surface area contributed by atoms with Gasteiger partial charge in [-0.2, -0.15) is 13.2 Å². The van der Waals surface area contributed by atoms with E-state index in [0.717, 1.165) is 12.1 Å². The molecule has 0 fully saturated rings. The first kappa shape index (κ1) is 23.5. The Kier molecular flexibility index (Phi) is 8.07. The van der Waals surface area contributed by atoms with Crippen molar-refractivity contribution in [2.24, 2.45) is 0 Å². The number of sulfonamides is 1. The van der Waals surface area contributed by atoms with Crippen molar-refractivity contribution in [3.8, 4) is 5.75 Å². The highest BCUT2D eigenvalue weighted by Crippen LogP contribution is 2.31. The van der Waals surface area contributed by atoms with Gasteiger partial charge in [-0.15, -0.1) is 0 Å². The molecule has 0 spiro atoms. The monoisotopic (exact) mass is 446 g/mol. The normalized spacial score (nSPS) is 11.7. The average Bonchev–Trinajstić information content (AvgIpc) is 2.69. The Morgan fingerprint density at radius 3 is 2.43 bits per heavy atom. The number of carbonyl (C=O) groups excluding carboxylic acids is 1. The van der Waals surface area contributed by atoms with Gasteiger partial charge in [-0.05, 0) is 48.9 Å². The minimum Gasteiger partial charge on any atom is -0.484 e. The van der Waals surface area contributed by atoms with Gasteiger partial charge in [0.2, 0.25) is 0 Å². The van der Waals surface area contributed by atoms with Gasteiger partial charge in [-0.1, -0.05) is 6.07 Å². The summed E-state index contributed by atoms with van der Waals surface area (Å²) in [6.07, 6.45) is -3.93. The number of carbonyl (C=O) groups is 1. The van der Waals surface area contributed by atoms with E-state index in [-0.39, 0.29) is 28.8 Å². The van der Waals surface area contributed by atoms with Crippen molar-refractivity contribution in [3.63, 3.8) is 0 Å². The van der Waals surface area contributed by atoms with Crippen LogP contribution in [0.3, 0.4) is 0 Å². The summed E-state index contributed by atoms with van der Waals surface area (Å²) in [4.78, 5) is 11.5. The van der Waals surface area contributed by atoms with Crippen LogP contribution in [0.2, 0.25) is 0 Å². The van der Waals surface area contributed by atoms with E-state index in [1.807, 2.05) is 0 Å². The number of halogens is 3. The average molecular weight is 446 g/mol. The van der Waals surface area contributed by atoms with Crippen molar-refractivity contribution in [1.29, 1.82) is 0 Å². The molecule has 0 aliphatic heterocycles. The van der Waals surface area contributed by atoms with E-state index in [9.17, 15) is 26.4 Å². The van der Waals surface area contributed by atoms with Crippen LogP contribution in [0.4, 0.5) is 18.9 Å². The molecule has 0 aliphatic rings. The summed E-state index contributed by atoms with van der Waals surface area (Å²) in [5, 5.41) is 2.64. The van der Waals surface area contributed by atoms with Crippen LogP contribution < -0.4 is 14.8 Å². The van der Waals surface area contributed by atoms with Crippen LogP contribution in [0, 0.1) is 0 Å². The molecule has 164 valence electrons. The lowest BCUT2D eigenvalue weighted by Crippen LogP contribution is -2.30. The SMILES string of the molecule is COCCCNC(=O)COc1ccc(S(=O)(=O)Nc2cccc(C(F)(F)F)c2)cc1. The zero-order valence-corrected chi connectivity index (χ0v) is 16.8. The Balaban J connectivity index is 1.96. The number of alkyl halides is 3. The molecule has 0 saturated heterocycles. The third kappa shape index (κ3) is 7.23. The number of nitrogens with one attached hydrogen (secondary N) is 2. The highest BCUT2D eigenvalue weighted by molar-refractivity contribution is 7.92. The zero-order valence-electron chi connectivity index (χ0n) is 16.0.